The molecule has 0 aliphatic carbocycles. The first-order chi connectivity index (χ1) is 8.39. The second-order valence-electron chi connectivity index (χ2n) is 3.69. The molecule has 0 unspecified atom stereocenters. The van der Waals surface area contributed by atoms with E-state index in [1.54, 1.807) is 12.1 Å². The molecular weight excluding hydrogens is 257 g/mol. The maximum atomic E-state index is 10.7. The van der Waals surface area contributed by atoms with Crippen LogP contribution in [0.4, 0.5) is 5.69 Å². The maximum absolute atomic E-state index is 10.7. The van der Waals surface area contributed by atoms with Crippen LogP contribution in [-0.2, 0) is 4.57 Å². The van der Waals surface area contributed by atoms with Crippen molar-refractivity contribution in [3.05, 3.63) is 35.9 Å². The lowest BCUT2D eigenvalue weighted by atomic mass is 10.1. The quantitative estimate of drug-likeness (QED) is 0.443. The zero-order valence-corrected chi connectivity index (χ0v) is 10.0. The first kappa shape index (κ1) is 12.6. The van der Waals surface area contributed by atoms with Crippen molar-refractivity contribution in [1.29, 1.82) is 0 Å². The highest BCUT2D eigenvalue weighted by Gasteiger charge is 2.16. The summed E-state index contributed by atoms with van der Waals surface area (Å²) in [5.41, 5.74) is 6.55. The molecule has 0 aromatic heterocycles. The molecule has 94 valence electrons. The Morgan fingerprint density at radius 2 is 1.94 bits per heavy atom. The van der Waals surface area contributed by atoms with Crippen LogP contribution in [-0.4, -0.2) is 16.1 Å². The smallest absolute Gasteiger partial charge is 0.404 e. The van der Waals surface area contributed by atoms with Crippen molar-refractivity contribution < 1.29 is 23.7 Å². The minimum Gasteiger partial charge on any atom is -0.404 e. The Hall–Kier alpha value is -1.88. The van der Waals surface area contributed by atoms with Crippen molar-refractivity contribution >= 4 is 30.6 Å². The van der Waals surface area contributed by atoms with Gasteiger partial charge in [-0.05, 0) is 35.7 Å². The fourth-order valence-corrected chi connectivity index (χ4v) is 2.05. The standard InChI is InChI=1S/C11H10NO5P/c12-11-4-7(6-13)3-8-5-9(1-2-10(8)11)17-18(14,15)16/h1-6H,12H2,(H2,14,15,16). The zero-order chi connectivity index (χ0) is 13.3. The summed E-state index contributed by atoms with van der Waals surface area (Å²) in [5, 5.41) is 1.25. The number of nitrogen functional groups attached to an aromatic ring is 1. The van der Waals surface area contributed by atoms with Gasteiger partial charge in [0, 0.05) is 16.6 Å². The van der Waals surface area contributed by atoms with Gasteiger partial charge in [-0.1, -0.05) is 0 Å². The number of aldehydes is 1. The third-order valence-electron chi connectivity index (χ3n) is 2.34. The van der Waals surface area contributed by atoms with Crippen molar-refractivity contribution in [3.8, 4) is 5.75 Å². The molecule has 0 atom stereocenters. The van der Waals surface area contributed by atoms with Crippen LogP contribution in [0.25, 0.3) is 10.8 Å². The van der Waals surface area contributed by atoms with Gasteiger partial charge in [0.25, 0.3) is 0 Å². The van der Waals surface area contributed by atoms with Crippen LogP contribution in [0.2, 0.25) is 0 Å². The van der Waals surface area contributed by atoms with E-state index in [1.807, 2.05) is 0 Å². The summed E-state index contributed by atoms with van der Waals surface area (Å²) in [6, 6.07) is 7.48. The van der Waals surface area contributed by atoms with Gasteiger partial charge in [0.2, 0.25) is 0 Å². The maximum Gasteiger partial charge on any atom is 0.524 e. The molecule has 2 aromatic carbocycles. The molecule has 0 fully saturated rings. The fraction of sp³-hybridized carbons (Fsp3) is 0. The van der Waals surface area contributed by atoms with Crippen LogP contribution in [0.5, 0.6) is 5.75 Å². The van der Waals surface area contributed by atoms with Gasteiger partial charge in [0.05, 0.1) is 0 Å². The Morgan fingerprint density at radius 3 is 2.56 bits per heavy atom. The molecule has 7 heteroatoms. The van der Waals surface area contributed by atoms with E-state index < -0.39 is 7.82 Å². The minimum absolute atomic E-state index is 0.0123. The van der Waals surface area contributed by atoms with E-state index in [9.17, 15) is 9.36 Å². The van der Waals surface area contributed by atoms with Gasteiger partial charge < -0.3 is 10.3 Å². The molecule has 0 bridgehead atoms. The number of hydrogen-bond acceptors (Lipinski definition) is 4. The molecule has 6 nitrogen and oxygen atoms in total. The van der Waals surface area contributed by atoms with Crippen LogP contribution in [0.15, 0.2) is 30.3 Å². The Kier molecular flexibility index (Phi) is 3.09. The third kappa shape index (κ3) is 2.68. The second kappa shape index (κ2) is 4.42. The van der Waals surface area contributed by atoms with Crippen molar-refractivity contribution in [2.75, 3.05) is 5.73 Å². The highest BCUT2D eigenvalue weighted by atomic mass is 31.2. The van der Waals surface area contributed by atoms with Crippen molar-refractivity contribution in [1.82, 2.24) is 0 Å². The lowest BCUT2D eigenvalue weighted by molar-refractivity contribution is 0.112. The van der Waals surface area contributed by atoms with Crippen LogP contribution < -0.4 is 10.3 Å². The summed E-state index contributed by atoms with van der Waals surface area (Å²) in [4.78, 5) is 28.1. The molecule has 0 aliphatic rings. The number of phosphoric ester groups is 1. The number of fused-ring (bicyclic) bond motifs is 1. The Labute approximate surface area is 102 Å². The average molecular weight is 267 g/mol. The number of phosphoric acid groups is 1. The predicted octanol–water partition coefficient (Wildman–Crippen LogP) is 1.71. The molecule has 18 heavy (non-hydrogen) atoms. The number of nitrogens with two attached hydrogens (primary N) is 1. The third-order valence-corrected chi connectivity index (χ3v) is 2.79. The Bertz CT molecular complexity index is 664. The molecule has 4 N–H and O–H groups in total. The van der Waals surface area contributed by atoms with E-state index in [4.69, 9.17) is 15.5 Å². The minimum atomic E-state index is -4.60. The van der Waals surface area contributed by atoms with Gasteiger partial charge in [0.15, 0.2) is 0 Å². The first-order valence-corrected chi connectivity index (χ1v) is 6.46. The highest BCUT2D eigenvalue weighted by Crippen LogP contribution is 2.38. The van der Waals surface area contributed by atoms with Gasteiger partial charge in [-0.2, -0.15) is 0 Å². The van der Waals surface area contributed by atoms with E-state index in [0.717, 1.165) is 0 Å². The van der Waals surface area contributed by atoms with Crippen LogP contribution in [0.3, 0.4) is 0 Å². The molecule has 0 amide bonds. The van der Waals surface area contributed by atoms with Crippen molar-refractivity contribution in [2.45, 2.75) is 0 Å². The summed E-state index contributed by atoms with van der Waals surface area (Å²) in [6.07, 6.45) is 0.645. The van der Waals surface area contributed by atoms with E-state index in [2.05, 4.69) is 4.52 Å². The van der Waals surface area contributed by atoms with E-state index in [-0.39, 0.29) is 5.75 Å². The lowest BCUT2D eigenvalue weighted by Gasteiger charge is -2.09. The van der Waals surface area contributed by atoms with Crippen LogP contribution in [0.1, 0.15) is 10.4 Å². The zero-order valence-electron chi connectivity index (χ0n) is 9.11. The average Bonchev–Trinajstić information content (AvgIpc) is 2.26. The van der Waals surface area contributed by atoms with Crippen LogP contribution in [0, 0.1) is 0 Å². The summed E-state index contributed by atoms with van der Waals surface area (Å²) >= 11 is 0. The molecule has 2 aromatic rings. The number of anilines is 1. The number of rotatable bonds is 3. The fourth-order valence-electron chi connectivity index (χ4n) is 1.66. The molecule has 2 rings (SSSR count). The molecule has 0 aliphatic heterocycles. The lowest BCUT2D eigenvalue weighted by Crippen LogP contribution is -1.93. The normalized spacial score (nSPS) is 11.4. The van der Waals surface area contributed by atoms with E-state index in [1.165, 1.54) is 18.2 Å². The van der Waals surface area contributed by atoms with E-state index in [0.29, 0.717) is 28.3 Å². The molecular formula is C11H10NO5P. The summed E-state index contributed by atoms with van der Waals surface area (Å²) in [6.45, 7) is 0. The molecule has 0 heterocycles. The second-order valence-corrected chi connectivity index (χ2v) is 4.86. The van der Waals surface area contributed by atoms with Gasteiger partial charge in [-0.3, -0.25) is 14.6 Å². The SMILES string of the molecule is Nc1cc(C=O)cc2cc(OP(=O)(O)O)ccc12. The summed E-state index contributed by atoms with van der Waals surface area (Å²) in [5.74, 6) is 0.0123. The predicted molar refractivity (Wildman–Crippen MR) is 66.4 cm³/mol. The topological polar surface area (TPSA) is 110 Å². The molecule has 0 saturated carbocycles. The van der Waals surface area contributed by atoms with Crippen molar-refractivity contribution in [2.24, 2.45) is 0 Å². The summed E-state index contributed by atoms with van der Waals surface area (Å²) in [7, 11) is -4.60. The molecule has 0 radical (unpaired) electrons. The Morgan fingerprint density at radius 1 is 1.22 bits per heavy atom. The number of benzene rings is 2. The largest absolute Gasteiger partial charge is 0.524 e. The monoisotopic (exact) mass is 267 g/mol. The van der Waals surface area contributed by atoms with Gasteiger partial charge in [0.1, 0.15) is 12.0 Å². The molecule has 0 spiro atoms. The van der Waals surface area contributed by atoms with Gasteiger partial charge in [-0.15, -0.1) is 0 Å². The number of carbonyl (C=O) groups excluding carboxylic acids is 1. The van der Waals surface area contributed by atoms with Gasteiger partial charge >= 0.3 is 7.82 Å². The highest BCUT2D eigenvalue weighted by molar-refractivity contribution is 7.46. The van der Waals surface area contributed by atoms with Gasteiger partial charge in [-0.25, -0.2) is 4.57 Å². The number of hydrogen-bond donors (Lipinski definition) is 3. The van der Waals surface area contributed by atoms with Crippen molar-refractivity contribution in [3.63, 3.8) is 0 Å². The molecule has 0 saturated heterocycles. The number of carbonyl (C=O) groups is 1. The van der Waals surface area contributed by atoms with E-state index >= 15 is 0 Å². The Balaban J connectivity index is 2.56. The summed E-state index contributed by atoms with van der Waals surface area (Å²) < 4.78 is 15.2. The first-order valence-electron chi connectivity index (χ1n) is 4.93. The van der Waals surface area contributed by atoms with Crippen LogP contribution >= 0.6 is 7.82 Å².